The maximum atomic E-state index is 6.49. The second-order valence-electron chi connectivity index (χ2n) is 7.61. The first-order valence-electron chi connectivity index (χ1n) is 10.1. The van der Waals surface area contributed by atoms with Crippen LogP contribution in [0.1, 0.15) is 29.8 Å². The molecule has 1 atom stereocenters. The Morgan fingerprint density at radius 2 is 1.60 bits per heavy atom. The molecule has 0 saturated heterocycles. The number of halogens is 1. The van der Waals surface area contributed by atoms with Gasteiger partial charge in [0.2, 0.25) is 0 Å². The second-order valence-corrected chi connectivity index (χ2v) is 8.87. The van der Waals surface area contributed by atoms with Gasteiger partial charge in [0.05, 0.1) is 28.0 Å². The monoisotopic (exact) mass is 431 g/mol. The number of thioether (sulfide) groups is 1. The summed E-state index contributed by atoms with van der Waals surface area (Å²) < 4.78 is 0. The fourth-order valence-electron chi connectivity index (χ4n) is 4.19. The molecule has 0 unspecified atom stereocenters. The van der Waals surface area contributed by atoms with Crippen molar-refractivity contribution < 1.29 is 0 Å². The Morgan fingerprint density at radius 1 is 0.900 bits per heavy atom. The molecule has 5 rings (SSSR count). The maximum Gasteiger partial charge on any atom is 0.108 e. The highest BCUT2D eigenvalue weighted by molar-refractivity contribution is 7.98. The van der Waals surface area contributed by atoms with Crippen LogP contribution in [0.2, 0.25) is 5.02 Å². The third-order valence-electron chi connectivity index (χ3n) is 5.84. The zero-order valence-corrected chi connectivity index (χ0v) is 18.5. The molecule has 1 aromatic heterocycles. The molecule has 150 valence electrons. The first-order valence-corrected chi connectivity index (χ1v) is 11.7. The van der Waals surface area contributed by atoms with Crippen molar-refractivity contribution in [2.45, 2.75) is 31.0 Å². The summed E-state index contributed by atoms with van der Waals surface area (Å²) in [7, 11) is 0. The van der Waals surface area contributed by atoms with E-state index in [0.717, 1.165) is 41.1 Å². The molecule has 5 heteroatoms. The highest BCUT2D eigenvalue weighted by Gasteiger charge is 2.28. The molecule has 0 fully saturated rings. The van der Waals surface area contributed by atoms with Crippen molar-refractivity contribution in [3.05, 3.63) is 88.6 Å². The van der Waals surface area contributed by atoms with E-state index >= 15 is 0 Å². The highest BCUT2D eigenvalue weighted by Crippen LogP contribution is 2.38. The minimum absolute atomic E-state index is 0.123. The van der Waals surface area contributed by atoms with Gasteiger partial charge in [-0.25, -0.2) is 9.97 Å². The first kappa shape index (κ1) is 19.6. The predicted octanol–water partition coefficient (Wildman–Crippen LogP) is 6.75. The van der Waals surface area contributed by atoms with E-state index in [4.69, 9.17) is 21.6 Å². The Balaban J connectivity index is 1.67. The van der Waals surface area contributed by atoms with Crippen molar-refractivity contribution >= 4 is 34.4 Å². The van der Waals surface area contributed by atoms with Crippen molar-refractivity contribution in [3.63, 3.8) is 0 Å². The molecule has 0 bridgehead atoms. The molecule has 3 nitrogen and oxygen atoms in total. The van der Waals surface area contributed by atoms with Crippen LogP contribution in [-0.4, -0.2) is 21.1 Å². The Kier molecular flexibility index (Phi) is 5.23. The van der Waals surface area contributed by atoms with E-state index in [1.807, 2.05) is 18.2 Å². The van der Waals surface area contributed by atoms with Crippen LogP contribution in [0.3, 0.4) is 0 Å². The molecule has 1 aliphatic rings. The summed E-state index contributed by atoms with van der Waals surface area (Å²) in [6, 6.07) is 23.0. The van der Waals surface area contributed by atoms with Gasteiger partial charge in [0.25, 0.3) is 0 Å². The molecular weight excluding hydrogens is 410 g/mol. The zero-order valence-electron chi connectivity index (χ0n) is 17.0. The van der Waals surface area contributed by atoms with Crippen LogP contribution in [0.15, 0.2) is 71.6 Å². The van der Waals surface area contributed by atoms with Crippen molar-refractivity contribution in [2.24, 2.45) is 0 Å². The largest absolute Gasteiger partial charge is 0.286 e. The van der Waals surface area contributed by atoms with Gasteiger partial charge in [-0.15, -0.1) is 11.8 Å². The number of rotatable bonds is 4. The van der Waals surface area contributed by atoms with E-state index in [2.05, 4.69) is 66.6 Å². The topological polar surface area (TPSA) is 29.0 Å². The Labute approximate surface area is 186 Å². The first-order chi connectivity index (χ1) is 14.7. The number of aromatic nitrogens is 2. The number of nitrogens with zero attached hydrogens (tertiary/aromatic N) is 3. The minimum Gasteiger partial charge on any atom is -0.286 e. The maximum absolute atomic E-state index is 6.49. The fraction of sp³-hybridized carbons (Fsp3) is 0.200. The number of fused-ring (bicyclic) bond motifs is 2. The lowest BCUT2D eigenvalue weighted by atomic mass is 10.0. The molecule has 0 radical (unpaired) electrons. The third kappa shape index (κ3) is 3.39. The van der Waals surface area contributed by atoms with Crippen LogP contribution in [0.4, 0.5) is 0 Å². The van der Waals surface area contributed by atoms with Crippen LogP contribution in [0.25, 0.3) is 22.3 Å². The van der Waals surface area contributed by atoms with E-state index in [1.54, 1.807) is 11.8 Å². The highest BCUT2D eigenvalue weighted by atomic mass is 35.5. The quantitative estimate of drug-likeness (QED) is 0.334. The smallest absolute Gasteiger partial charge is 0.108 e. The van der Waals surface area contributed by atoms with Gasteiger partial charge >= 0.3 is 0 Å². The molecule has 0 saturated carbocycles. The minimum atomic E-state index is 0.123. The molecule has 0 aliphatic carbocycles. The molecule has 3 aromatic carbocycles. The van der Waals surface area contributed by atoms with Gasteiger partial charge < -0.3 is 0 Å². The molecule has 0 N–H and O–H groups in total. The van der Waals surface area contributed by atoms with E-state index in [0.29, 0.717) is 5.02 Å². The predicted molar refractivity (Wildman–Crippen MR) is 126 cm³/mol. The second kappa shape index (κ2) is 8.03. The lowest BCUT2D eigenvalue weighted by Crippen LogP contribution is -2.23. The van der Waals surface area contributed by atoms with Crippen LogP contribution >= 0.6 is 23.4 Å². The summed E-state index contributed by atoms with van der Waals surface area (Å²) in [6.45, 7) is 4.09. The Morgan fingerprint density at radius 3 is 2.33 bits per heavy atom. The van der Waals surface area contributed by atoms with E-state index in [9.17, 15) is 0 Å². The van der Waals surface area contributed by atoms with Crippen molar-refractivity contribution in [1.82, 2.24) is 14.9 Å². The average Bonchev–Trinajstić information content (AvgIpc) is 3.22. The standard InChI is InChI=1S/C25H22ClN3S/c1-16(29-14-17-8-3-4-9-18(17)15-29)23-24(19-10-5-6-13-22(19)30-2)28-25-20(26)11-7-12-21(25)27-23/h3-13,16H,14-15H2,1-2H3/t16-/m0/s1. The molecule has 1 aliphatic heterocycles. The summed E-state index contributed by atoms with van der Waals surface area (Å²) in [4.78, 5) is 13.8. The lowest BCUT2D eigenvalue weighted by molar-refractivity contribution is 0.211. The Bertz CT molecular complexity index is 1220. The van der Waals surface area contributed by atoms with Crippen LogP contribution in [0.5, 0.6) is 0 Å². The van der Waals surface area contributed by atoms with Gasteiger partial charge in [0.1, 0.15) is 5.52 Å². The van der Waals surface area contributed by atoms with Crippen molar-refractivity contribution in [3.8, 4) is 11.3 Å². The van der Waals surface area contributed by atoms with Crippen LogP contribution in [0, 0.1) is 0 Å². The third-order valence-corrected chi connectivity index (χ3v) is 6.94. The number of hydrogen-bond acceptors (Lipinski definition) is 4. The molecule has 2 heterocycles. The van der Waals surface area contributed by atoms with Gasteiger partial charge in [-0.3, -0.25) is 4.90 Å². The van der Waals surface area contributed by atoms with Gasteiger partial charge in [-0.2, -0.15) is 0 Å². The summed E-state index contributed by atoms with van der Waals surface area (Å²) in [5.74, 6) is 0. The van der Waals surface area contributed by atoms with Gasteiger partial charge in [-0.1, -0.05) is 60.1 Å². The molecule has 0 spiro atoms. The summed E-state index contributed by atoms with van der Waals surface area (Å²) in [5, 5.41) is 0.635. The molecular formula is C25H22ClN3S. The summed E-state index contributed by atoms with van der Waals surface area (Å²) in [5.41, 5.74) is 7.41. The van der Waals surface area contributed by atoms with E-state index < -0.39 is 0 Å². The number of para-hydroxylation sites is 1. The molecule has 0 amide bonds. The van der Waals surface area contributed by atoms with Gasteiger partial charge in [-0.05, 0) is 42.5 Å². The van der Waals surface area contributed by atoms with Crippen LogP contribution in [-0.2, 0) is 13.1 Å². The van der Waals surface area contributed by atoms with Crippen LogP contribution < -0.4 is 0 Å². The van der Waals surface area contributed by atoms with E-state index in [-0.39, 0.29) is 6.04 Å². The lowest BCUT2D eigenvalue weighted by Gasteiger charge is -2.25. The summed E-state index contributed by atoms with van der Waals surface area (Å²) in [6.07, 6.45) is 2.10. The average molecular weight is 432 g/mol. The van der Waals surface area contributed by atoms with Crippen molar-refractivity contribution in [1.29, 1.82) is 0 Å². The van der Waals surface area contributed by atoms with Gasteiger partial charge in [0.15, 0.2) is 0 Å². The Hall–Kier alpha value is -2.40. The van der Waals surface area contributed by atoms with Crippen molar-refractivity contribution in [2.75, 3.05) is 6.26 Å². The number of benzene rings is 3. The molecule has 30 heavy (non-hydrogen) atoms. The molecule has 4 aromatic rings. The fourth-order valence-corrected chi connectivity index (χ4v) is 5.00. The van der Waals surface area contributed by atoms with Gasteiger partial charge in [0, 0.05) is 23.5 Å². The van der Waals surface area contributed by atoms with E-state index in [1.165, 1.54) is 16.0 Å². The SMILES string of the molecule is CSc1ccccc1-c1nc2c(Cl)cccc2nc1[C@H](C)N1Cc2ccccc2C1. The normalized spacial score (nSPS) is 14.8. The summed E-state index contributed by atoms with van der Waals surface area (Å²) >= 11 is 8.22. The number of hydrogen-bond donors (Lipinski definition) is 0. The zero-order chi connectivity index (χ0) is 20.7.